The third-order valence-electron chi connectivity index (χ3n) is 4.71. The Morgan fingerprint density at radius 3 is 2.96 bits per heavy atom. The zero-order valence-electron chi connectivity index (χ0n) is 14.2. The highest BCUT2D eigenvalue weighted by atomic mass is 19.1. The van der Waals surface area contributed by atoms with Crippen LogP contribution in [-0.2, 0) is 16.1 Å². The number of carbonyl (C=O) groups is 1. The number of likely N-dealkylation sites (tertiary alicyclic amines) is 1. The summed E-state index contributed by atoms with van der Waals surface area (Å²) in [6, 6.07) is 4.36. The highest BCUT2D eigenvalue weighted by Gasteiger charge is 2.25. The van der Waals surface area contributed by atoms with E-state index in [1.165, 1.54) is 12.1 Å². The molecule has 0 spiro atoms. The Morgan fingerprint density at radius 2 is 2.19 bits per heavy atom. The third kappa shape index (κ3) is 3.60. The summed E-state index contributed by atoms with van der Waals surface area (Å²) in [7, 11) is 0. The first-order valence-electron chi connectivity index (χ1n) is 8.68. The topological polar surface area (TPSA) is 86.9 Å². The van der Waals surface area contributed by atoms with Gasteiger partial charge in [-0.05, 0) is 31.0 Å². The smallest absolute Gasteiger partial charge is 0.248 e. The van der Waals surface area contributed by atoms with Gasteiger partial charge in [-0.3, -0.25) is 4.79 Å². The van der Waals surface area contributed by atoms with Crippen molar-refractivity contribution in [2.45, 2.75) is 25.4 Å². The molecule has 26 heavy (non-hydrogen) atoms. The number of halogens is 1. The zero-order chi connectivity index (χ0) is 17.9. The van der Waals surface area contributed by atoms with Crippen LogP contribution in [0.4, 0.5) is 4.39 Å². The lowest BCUT2D eigenvalue weighted by molar-refractivity contribution is -0.137. The summed E-state index contributed by atoms with van der Waals surface area (Å²) < 4.78 is 18.7. The number of nitrogens with one attached hydrogen (secondary N) is 2. The van der Waals surface area contributed by atoms with E-state index >= 15 is 0 Å². The maximum Gasteiger partial charge on any atom is 0.248 e. The minimum absolute atomic E-state index is 0.0107. The number of nitrogens with zero attached hydrogens (tertiary/aromatic N) is 3. The second kappa shape index (κ2) is 7.25. The van der Waals surface area contributed by atoms with Crippen molar-refractivity contribution >= 4 is 16.9 Å². The molecule has 0 atom stereocenters. The molecule has 1 amide bonds. The molecular formula is C18H20FN5O2. The van der Waals surface area contributed by atoms with Crippen LogP contribution in [-0.4, -0.2) is 50.4 Å². The summed E-state index contributed by atoms with van der Waals surface area (Å²) in [6.45, 7) is 1.61. The van der Waals surface area contributed by atoms with Gasteiger partial charge < -0.3 is 19.6 Å². The van der Waals surface area contributed by atoms with Gasteiger partial charge in [0.25, 0.3) is 0 Å². The Balaban J connectivity index is 1.25. The zero-order valence-corrected chi connectivity index (χ0v) is 14.2. The van der Waals surface area contributed by atoms with Gasteiger partial charge in [0, 0.05) is 31.4 Å². The van der Waals surface area contributed by atoms with Crippen LogP contribution < -0.4 is 0 Å². The molecule has 0 unspecified atom stereocenters. The van der Waals surface area contributed by atoms with Gasteiger partial charge in [0.1, 0.15) is 30.7 Å². The summed E-state index contributed by atoms with van der Waals surface area (Å²) >= 11 is 0. The van der Waals surface area contributed by atoms with Crippen LogP contribution in [0.5, 0.6) is 0 Å². The van der Waals surface area contributed by atoms with Crippen molar-refractivity contribution < 1.29 is 13.9 Å². The maximum atomic E-state index is 13.2. The van der Waals surface area contributed by atoms with Gasteiger partial charge in [-0.2, -0.15) is 0 Å². The first kappa shape index (κ1) is 16.7. The van der Waals surface area contributed by atoms with Crippen molar-refractivity contribution in [3.63, 3.8) is 0 Å². The quantitative estimate of drug-likeness (QED) is 0.734. The van der Waals surface area contributed by atoms with Crippen LogP contribution in [0.15, 0.2) is 30.6 Å². The van der Waals surface area contributed by atoms with Gasteiger partial charge >= 0.3 is 0 Å². The number of imidazole rings is 2. The fraction of sp³-hybridized carbons (Fsp3) is 0.389. The molecule has 4 rings (SSSR count). The molecule has 1 fully saturated rings. The Morgan fingerprint density at radius 1 is 1.35 bits per heavy atom. The summed E-state index contributed by atoms with van der Waals surface area (Å²) in [5.74, 6) is 1.61. The molecule has 1 aliphatic heterocycles. The molecule has 2 aromatic heterocycles. The molecule has 0 aliphatic carbocycles. The number of piperidine rings is 1. The molecule has 1 saturated heterocycles. The van der Waals surface area contributed by atoms with Crippen LogP contribution in [0.2, 0.25) is 0 Å². The Labute approximate surface area is 149 Å². The Kier molecular flexibility index (Phi) is 4.66. The number of fused-ring (bicyclic) bond motifs is 1. The van der Waals surface area contributed by atoms with Crippen LogP contribution in [0, 0.1) is 5.82 Å². The maximum absolute atomic E-state index is 13.2. The van der Waals surface area contributed by atoms with Gasteiger partial charge in [-0.15, -0.1) is 0 Å². The van der Waals surface area contributed by atoms with Crippen molar-refractivity contribution in [2.75, 3.05) is 19.7 Å². The molecule has 2 N–H and O–H groups in total. The van der Waals surface area contributed by atoms with E-state index in [9.17, 15) is 9.18 Å². The van der Waals surface area contributed by atoms with E-state index in [-0.39, 0.29) is 24.9 Å². The van der Waals surface area contributed by atoms with Crippen molar-refractivity contribution in [1.82, 2.24) is 24.8 Å². The molecule has 0 saturated carbocycles. The van der Waals surface area contributed by atoms with E-state index in [4.69, 9.17) is 4.74 Å². The minimum atomic E-state index is -0.318. The number of amides is 1. The highest BCUT2D eigenvalue weighted by Crippen LogP contribution is 2.25. The van der Waals surface area contributed by atoms with Crippen LogP contribution >= 0.6 is 0 Å². The first-order chi connectivity index (χ1) is 12.7. The number of carbonyl (C=O) groups excluding carboxylic acids is 1. The second-order valence-corrected chi connectivity index (χ2v) is 6.47. The largest absolute Gasteiger partial charge is 0.364 e. The van der Waals surface area contributed by atoms with Crippen LogP contribution in [0.3, 0.4) is 0 Å². The van der Waals surface area contributed by atoms with E-state index in [0.717, 1.165) is 18.7 Å². The molecular weight excluding hydrogens is 337 g/mol. The number of aromatic nitrogens is 4. The number of ether oxygens (including phenoxy) is 1. The molecule has 0 bridgehead atoms. The fourth-order valence-corrected chi connectivity index (χ4v) is 3.33. The first-order valence-corrected chi connectivity index (χ1v) is 8.68. The lowest BCUT2D eigenvalue weighted by Gasteiger charge is -2.31. The number of hydrogen-bond acceptors (Lipinski definition) is 4. The van der Waals surface area contributed by atoms with Crippen molar-refractivity contribution in [3.8, 4) is 0 Å². The minimum Gasteiger partial charge on any atom is -0.364 e. The molecule has 8 heteroatoms. The average Bonchev–Trinajstić information content (AvgIpc) is 3.31. The third-order valence-corrected chi connectivity index (χ3v) is 4.71. The predicted octanol–water partition coefficient (Wildman–Crippen LogP) is 2.35. The molecule has 1 aliphatic rings. The number of rotatable bonds is 5. The van der Waals surface area contributed by atoms with Gasteiger partial charge in [0.05, 0.1) is 11.0 Å². The lowest BCUT2D eigenvalue weighted by atomic mass is 9.96. The lowest BCUT2D eigenvalue weighted by Crippen LogP contribution is -2.40. The second-order valence-electron chi connectivity index (χ2n) is 6.47. The molecule has 1 aromatic carbocycles. The summed E-state index contributed by atoms with van der Waals surface area (Å²) in [5, 5.41) is 0. The molecule has 7 nitrogen and oxygen atoms in total. The molecule has 3 heterocycles. The number of aromatic amines is 2. The van der Waals surface area contributed by atoms with Crippen molar-refractivity contribution in [3.05, 3.63) is 48.1 Å². The highest BCUT2D eigenvalue weighted by molar-refractivity contribution is 5.77. The average molecular weight is 357 g/mol. The molecule has 136 valence electrons. The van der Waals surface area contributed by atoms with Gasteiger partial charge in [0.2, 0.25) is 5.91 Å². The van der Waals surface area contributed by atoms with Crippen LogP contribution in [0.25, 0.3) is 11.0 Å². The van der Waals surface area contributed by atoms with Crippen LogP contribution in [0.1, 0.15) is 30.4 Å². The summed E-state index contributed by atoms with van der Waals surface area (Å²) in [5.41, 5.74) is 1.30. The van der Waals surface area contributed by atoms with E-state index in [0.29, 0.717) is 35.9 Å². The summed E-state index contributed by atoms with van der Waals surface area (Å²) in [6.07, 6.45) is 5.38. The standard InChI is InChI=1S/C18H20FN5O2/c19-13-1-2-14-15(9-13)23-16(22-14)10-26-11-17(25)24-7-3-12(4-8-24)18-20-5-6-21-18/h1-2,5-6,9,12H,3-4,7-8,10-11H2,(H,20,21)(H,22,23). The van der Waals surface area contributed by atoms with Gasteiger partial charge in [-0.25, -0.2) is 14.4 Å². The normalized spacial score (nSPS) is 15.7. The fourth-order valence-electron chi connectivity index (χ4n) is 3.33. The number of benzene rings is 1. The van der Waals surface area contributed by atoms with Gasteiger partial charge in [0.15, 0.2) is 0 Å². The van der Waals surface area contributed by atoms with E-state index in [1.807, 2.05) is 11.1 Å². The Hall–Kier alpha value is -2.74. The van der Waals surface area contributed by atoms with E-state index < -0.39 is 0 Å². The van der Waals surface area contributed by atoms with E-state index in [1.54, 1.807) is 12.3 Å². The SMILES string of the molecule is O=C(COCc1nc2ccc(F)cc2[nH]1)N1CCC(c2ncc[nH]2)CC1. The number of hydrogen-bond donors (Lipinski definition) is 2. The summed E-state index contributed by atoms with van der Waals surface area (Å²) in [4.78, 5) is 28.9. The molecule has 3 aromatic rings. The molecule has 0 radical (unpaired) electrons. The van der Waals surface area contributed by atoms with Crippen molar-refractivity contribution in [2.24, 2.45) is 0 Å². The Bertz CT molecular complexity index is 884. The van der Waals surface area contributed by atoms with Crippen molar-refractivity contribution in [1.29, 1.82) is 0 Å². The van der Waals surface area contributed by atoms with Gasteiger partial charge in [-0.1, -0.05) is 0 Å². The number of H-pyrrole nitrogens is 2. The predicted molar refractivity (Wildman–Crippen MR) is 92.9 cm³/mol. The monoisotopic (exact) mass is 357 g/mol. The van der Waals surface area contributed by atoms with E-state index in [2.05, 4.69) is 19.9 Å².